The molecule has 1 aromatic carbocycles. The molecule has 0 saturated heterocycles. The molecule has 0 radical (unpaired) electrons. The maximum Gasteiger partial charge on any atom is -0.00143 e. The average molecular weight is 231 g/mol. The summed E-state index contributed by atoms with van der Waals surface area (Å²) >= 11 is 0. The largest absolute Gasteiger partial charge is 0.317 e. The third-order valence-electron chi connectivity index (χ3n) is 2.64. The molecule has 0 unspecified atom stereocenters. The summed E-state index contributed by atoms with van der Waals surface area (Å²) in [6.45, 7) is 8.79. The summed E-state index contributed by atoms with van der Waals surface area (Å²) < 4.78 is 0. The molecule has 0 saturated carbocycles. The van der Waals surface area contributed by atoms with Crippen LogP contribution in [0.1, 0.15) is 38.3 Å². The first-order valence-corrected chi connectivity index (χ1v) is 6.68. The summed E-state index contributed by atoms with van der Waals surface area (Å²) in [7, 11) is 0. The molecular formula is C16H25N. The zero-order valence-electron chi connectivity index (χ0n) is 11.4. The van der Waals surface area contributed by atoms with Crippen LogP contribution in [0.2, 0.25) is 0 Å². The SMILES string of the molecule is CCNCC/C=C/c1cccc(CC(C)C)c1. The summed E-state index contributed by atoms with van der Waals surface area (Å²) in [6.07, 6.45) is 6.74. The molecule has 17 heavy (non-hydrogen) atoms. The Morgan fingerprint density at radius 1 is 1.29 bits per heavy atom. The molecule has 0 atom stereocenters. The van der Waals surface area contributed by atoms with Crippen molar-refractivity contribution in [3.8, 4) is 0 Å². The number of hydrogen-bond donors (Lipinski definition) is 1. The Labute approximate surface area is 106 Å². The van der Waals surface area contributed by atoms with Crippen LogP contribution >= 0.6 is 0 Å². The molecule has 94 valence electrons. The first-order chi connectivity index (χ1) is 8.22. The van der Waals surface area contributed by atoms with Gasteiger partial charge in [-0.25, -0.2) is 0 Å². The topological polar surface area (TPSA) is 12.0 Å². The van der Waals surface area contributed by atoms with Gasteiger partial charge in [0, 0.05) is 0 Å². The third-order valence-corrected chi connectivity index (χ3v) is 2.64. The van der Waals surface area contributed by atoms with Crippen LogP contribution in [0.4, 0.5) is 0 Å². The highest BCUT2D eigenvalue weighted by atomic mass is 14.8. The molecule has 0 fully saturated rings. The van der Waals surface area contributed by atoms with E-state index in [1.54, 1.807) is 0 Å². The van der Waals surface area contributed by atoms with Gasteiger partial charge in [0.15, 0.2) is 0 Å². The summed E-state index contributed by atoms with van der Waals surface area (Å²) in [6, 6.07) is 8.84. The van der Waals surface area contributed by atoms with E-state index in [-0.39, 0.29) is 0 Å². The van der Waals surface area contributed by atoms with Crippen LogP contribution in [0.3, 0.4) is 0 Å². The maximum absolute atomic E-state index is 3.32. The molecule has 0 spiro atoms. The molecule has 1 heteroatoms. The van der Waals surface area contributed by atoms with Crippen molar-refractivity contribution in [3.63, 3.8) is 0 Å². The van der Waals surface area contributed by atoms with Crippen molar-refractivity contribution in [2.45, 2.75) is 33.6 Å². The molecular weight excluding hydrogens is 206 g/mol. The average Bonchev–Trinajstić information content (AvgIpc) is 2.28. The predicted octanol–water partition coefficient (Wildman–Crippen LogP) is 3.90. The fourth-order valence-corrected chi connectivity index (χ4v) is 1.88. The van der Waals surface area contributed by atoms with E-state index < -0.39 is 0 Å². The van der Waals surface area contributed by atoms with Crippen LogP contribution < -0.4 is 5.32 Å². The van der Waals surface area contributed by atoms with Gasteiger partial charge in [0.05, 0.1) is 0 Å². The molecule has 1 aromatic rings. The number of nitrogens with one attached hydrogen (secondary N) is 1. The van der Waals surface area contributed by atoms with Crippen molar-refractivity contribution in [3.05, 3.63) is 41.5 Å². The standard InChI is InChI=1S/C16H25N/c1-4-17-11-6-5-8-15-9-7-10-16(13-15)12-14(2)3/h5,7-10,13-14,17H,4,6,11-12H2,1-3H3/b8-5+. The summed E-state index contributed by atoms with van der Waals surface area (Å²) in [5.41, 5.74) is 2.76. The van der Waals surface area contributed by atoms with E-state index in [0.717, 1.165) is 25.4 Å². The second-order valence-electron chi connectivity index (χ2n) is 4.89. The van der Waals surface area contributed by atoms with Gasteiger partial charge in [-0.2, -0.15) is 0 Å². The number of rotatable bonds is 7. The Hall–Kier alpha value is -1.08. The molecule has 0 bridgehead atoms. The summed E-state index contributed by atoms with van der Waals surface area (Å²) in [4.78, 5) is 0. The fraction of sp³-hybridized carbons (Fsp3) is 0.500. The van der Waals surface area contributed by atoms with Gasteiger partial charge in [-0.05, 0) is 43.0 Å². The Kier molecular flexibility index (Phi) is 6.64. The highest BCUT2D eigenvalue weighted by Gasteiger charge is 1.97. The quantitative estimate of drug-likeness (QED) is 0.702. The van der Waals surface area contributed by atoms with Gasteiger partial charge in [-0.15, -0.1) is 0 Å². The molecule has 1 nitrogen and oxygen atoms in total. The Bertz CT molecular complexity index is 339. The lowest BCUT2D eigenvalue weighted by molar-refractivity contribution is 0.647. The highest BCUT2D eigenvalue weighted by Crippen LogP contribution is 2.11. The van der Waals surface area contributed by atoms with E-state index in [9.17, 15) is 0 Å². The van der Waals surface area contributed by atoms with Gasteiger partial charge in [0.1, 0.15) is 0 Å². The van der Waals surface area contributed by atoms with Crippen molar-refractivity contribution >= 4 is 6.08 Å². The second kappa shape index (κ2) is 8.08. The smallest absolute Gasteiger partial charge is 0.00143 e. The van der Waals surface area contributed by atoms with Gasteiger partial charge in [0.2, 0.25) is 0 Å². The third kappa shape index (κ3) is 6.28. The van der Waals surface area contributed by atoms with Crippen molar-refractivity contribution in [1.29, 1.82) is 0 Å². The van der Waals surface area contributed by atoms with Crippen molar-refractivity contribution in [2.75, 3.05) is 13.1 Å². The van der Waals surface area contributed by atoms with Gasteiger partial charge in [-0.3, -0.25) is 0 Å². The molecule has 1 N–H and O–H groups in total. The van der Waals surface area contributed by atoms with Crippen LogP contribution in [0.5, 0.6) is 0 Å². The van der Waals surface area contributed by atoms with Gasteiger partial charge in [-0.1, -0.05) is 57.2 Å². The van der Waals surface area contributed by atoms with Crippen LogP contribution in [0.15, 0.2) is 30.3 Å². The predicted molar refractivity (Wildman–Crippen MR) is 77.2 cm³/mol. The zero-order valence-corrected chi connectivity index (χ0v) is 11.4. The molecule has 0 aliphatic carbocycles. The van der Waals surface area contributed by atoms with Crippen LogP contribution in [0, 0.1) is 5.92 Å². The lowest BCUT2D eigenvalue weighted by Crippen LogP contribution is -2.12. The van der Waals surface area contributed by atoms with Crippen molar-refractivity contribution < 1.29 is 0 Å². The van der Waals surface area contributed by atoms with Crippen LogP contribution in [-0.2, 0) is 6.42 Å². The first-order valence-electron chi connectivity index (χ1n) is 6.68. The highest BCUT2D eigenvalue weighted by molar-refractivity contribution is 5.50. The van der Waals surface area contributed by atoms with Crippen LogP contribution in [0.25, 0.3) is 6.08 Å². The second-order valence-corrected chi connectivity index (χ2v) is 4.89. The molecule has 1 rings (SSSR count). The molecule has 0 amide bonds. The van der Waals surface area contributed by atoms with E-state index in [0.29, 0.717) is 0 Å². The lowest BCUT2D eigenvalue weighted by atomic mass is 10.0. The summed E-state index contributed by atoms with van der Waals surface area (Å²) in [5.74, 6) is 0.725. The molecule has 0 aliphatic rings. The van der Waals surface area contributed by atoms with E-state index in [4.69, 9.17) is 0 Å². The van der Waals surface area contributed by atoms with Gasteiger partial charge in [0.25, 0.3) is 0 Å². The summed E-state index contributed by atoms with van der Waals surface area (Å²) in [5, 5.41) is 3.32. The van der Waals surface area contributed by atoms with Crippen LogP contribution in [-0.4, -0.2) is 13.1 Å². The minimum absolute atomic E-state index is 0.725. The maximum atomic E-state index is 3.32. The zero-order chi connectivity index (χ0) is 12.5. The Morgan fingerprint density at radius 2 is 2.12 bits per heavy atom. The Morgan fingerprint density at radius 3 is 2.82 bits per heavy atom. The monoisotopic (exact) mass is 231 g/mol. The van der Waals surface area contributed by atoms with E-state index >= 15 is 0 Å². The van der Waals surface area contributed by atoms with E-state index in [1.165, 1.54) is 17.5 Å². The normalized spacial score (nSPS) is 11.5. The van der Waals surface area contributed by atoms with E-state index in [1.807, 2.05) is 0 Å². The van der Waals surface area contributed by atoms with Crippen molar-refractivity contribution in [1.82, 2.24) is 5.32 Å². The lowest BCUT2D eigenvalue weighted by Gasteiger charge is -2.05. The van der Waals surface area contributed by atoms with Crippen molar-refractivity contribution in [2.24, 2.45) is 5.92 Å². The molecule has 0 aliphatic heterocycles. The van der Waals surface area contributed by atoms with Gasteiger partial charge >= 0.3 is 0 Å². The number of hydrogen-bond acceptors (Lipinski definition) is 1. The molecule has 0 heterocycles. The fourth-order valence-electron chi connectivity index (χ4n) is 1.88. The Balaban J connectivity index is 2.47. The van der Waals surface area contributed by atoms with E-state index in [2.05, 4.69) is 62.5 Å². The first kappa shape index (κ1) is 14.0. The minimum atomic E-state index is 0.725. The van der Waals surface area contributed by atoms with Gasteiger partial charge < -0.3 is 5.32 Å². The number of benzene rings is 1. The minimum Gasteiger partial charge on any atom is -0.317 e. The molecule has 0 aromatic heterocycles.